The Bertz CT molecular complexity index is 1130. The van der Waals surface area contributed by atoms with Gasteiger partial charge in [-0.3, -0.25) is 4.79 Å². The Balaban J connectivity index is 1.85. The minimum absolute atomic E-state index is 0.0334. The summed E-state index contributed by atoms with van der Waals surface area (Å²) in [4.78, 5) is 20.0. The molecule has 1 N–H and O–H groups in total. The number of hydrogen-bond donors (Lipinski definition) is 1. The van der Waals surface area contributed by atoms with E-state index in [1.165, 1.54) is 20.3 Å². The van der Waals surface area contributed by atoms with Crippen molar-refractivity contribution in [1.82, 2.24) is 9.97 Å². The van der Waals surface area contributed by atoms with E-state index in [-0.39, 0.29) is 16.6 Å². The fraction of sp³-hybridized carbons (Fsp3) is 0.190. The Hall–Kier alpha value is -2.98. The number of amides is 1. The Kier molecular flexibility index (Phi) is 7.47. The van der Waals surface area contributed by atoms with Crippen LogP contribution in [0.5, 0.6) is 11.5 Å². The molecule has 0 aliphatic rings. The molecule has 0 spiro atoms. The van der Waals surface area contributed by atoms with Crippen LogP contribution in [0.3, 0.4) is 0 Å². The van der Waals surface area contributed by atoms with E-state index in [0.717, 1.165) is 17.8 Å². The van der Waals surface area contributed by atoms with Gasteiger partial charge in [-0.1, -0.05) is 29.4 Å². The van der Waals surface area contributed by atoms with Gasteiger partial charge in [-0.25, -0.2) is 9.97 Å². The van der Waals surface area contributed by atoms with Crippen LogP contribution < -0.4 is 14.8 Å². The van der Waals surface area contributed by atoms with E-state index in [1.54, 1.807) is 36.4 Å². The van der Waals surface area contributed by atoms with Crippen LogP contribution >= 0.6 is 23.4 Å². The van der Waals surface area contributed by atoms with E-state index in [4.69, 9.17) is 21.1 Å². The number of methoxy groups -OCH3 is 2. The molecule has 0 saturated carbocycles. The van der Waals surface area contributed by atoms with Crippen LogP contribution in [0.4, 0.5) is 18.9 Å². The van der Waals surface area contributed by atoms with Gasteiger partial charge in [0.2, 0.25) is 5.91 Å². The van der Waals surface area contributed by atoms with Crippen molar-refractivity contribution in [3.8, 4) is 22.8 Å². The van der Waals surface area contributed by atoms with Crippen molar-refractivity contribution >= 4 is 35.0 Å². The summed E-state index contributed by atoms with van der Waals surface area (Å²) in [6.45, 7) is 0. The van der Waals surface area contributed by atoms with Crippen LogP contribution in [-0.4, -0.2) is 35.8 Å². The highest BCUT2D eigenvalue weighted by Crippen LogP contribution is 2.35. The lowest BCUT2D eigenvalue weighted by atomic mass is 10.1. The highest BCUT2D eigenvalue weighted by molar-refractivity contribution is 7.99. The van der Waals surface area contributed by atoms with Crippen molar-refractivity contribution in [3.05, 3.63) is 59.2 Å². The molecule has 3 rings (SSSR count). The summed E-state index contributed by atoms with van der Waals surface area (Å²) in [5.74, 6) is 0.131. The number of halogens is 4. The monoisotopic (exact) mass is 483 g/mol. The van der Waals surface area contributed by atoms with Crippen molar-refractivity contribution in [3.63, 3.8) is 0 Å². The van der Waals surface area contributed by atoms with E-state index in [1.807, 2.05) is 0 Å². The first-order valence-corrected chi connectivity index (χ1v) is 10.4. The van der Waals surface area contributed by atoms with Crippen LogP contribution in [0, 0.1) is 0 Å². The molecule has 32 heavy (non-hydrogen) atoms. The molecule has 1 aromatic heterocycles. The third-order valence-corrected chi connectivity index (χ3v) is 5.20. The maximum absolute atomic E-state index is 13.4. The first-order chi connectivity index (χ1) is 15.2. The van der Waals surface area contributed by atoms with Gasteiger partial charge in [0.1, 0.15) is 5.69 Å². The SMILES string of the molecule is COc1ccc(-c2cc(C(F)(F)F)nc(SCC(=O)Nc3cccc(Cl)c3)n2)cc1OC. The van der Waals surface area contributed by atoms with E-state index in [9.17, 15) is 18.0 Å². The smallest absolute Gasteiger partial charge is 0.433 e. The summed E-state index contributed by atoms with van der Waals surface area (Å²) in [5.41, 5.74) is -0.235. The fourth-order valence-corrected chi connectivity index (χ4v) is 3.52. The standard InChI is InChI=1S/C21H17ClF3N3O3S/c1-30-16-7-6-12(8-17(16)31-2)15-10-18(21(23,24)25)28-20(27-15)32-11-19(29)26-14-5-3-4-13(22)9-14/h3-10H,11H2,1-2H3,(H,26,29). The predicted molar refractivity (Wildman–Crippen MR) is 116 cm³/mol. The van der Waals surface area contributed by atoms with Crippen molar-refractivity contribution in [2.45, 2.75) is 11.3 Å². The molecule has 1 heterocycles. The van der Waals surface area contributed by atoms with Crippen LogP contribution in [0.25, 0.3) is 11.3 Å². The molecule has 0 fully saturated rings. The molecule has 0 atom stereocenters. The number of aromatic nitrogens is 2. The number of thioether (sulfide) groups is 1. The summed E-state index contributed by atoms with van der Waals surface area (Å²) < 4.78 is 50.6. The Morgan fingerprint density at radius 3 is 2.47 bits per heavy atom. The molecule has 11 heteroatoms. The molecular formula is C21H17ClF3N3O3S. The van der Waals surface area contributed by atoms with Gasteiger partial charge in [0.05, 0.1) is 25.7 Å². The summed E-state index contributed by atoms with van der Waals surface area (Å²) in [6, 6.07) is 12.0. The highest BCUT2D eigenvalue weighted by atomic mass is 35.5. The molecule has 0 bridgehead atoms. The van der Waals surface area contributed by atoms with Crippen LogP contribution in [0.15, 0.2) is 53.7 Å². The van der Waals surface area contributed by atoms with Gasteiger partial charge in [0, 0.05) is 16.3 Å². The van der Waals surface area contributed by atoms with Gasteiger partial charge in [0.15, 0.2) is 16.7 Å². The molecule has 6 nitrogen and oxygen atoms in total. The summed E-state index contributed by atoms with van der Waals surface area (Å²) >= 11 is 6.66. The van der Waals surface area contributed by atoms with Gasteiger partial charge in [-0.15, -0.1) is 0 Å². The normalized spacial score (nSPS) is 11.2. The van der Waals surface area contributed by atoms with Crippen molar-refractivity contribution < 1.29 is 27.4 Å². The van der Waals surface area contributed by atoms with Crippen molar-refractivity contribution in [2.24, 2.45) is 0 Å². The van der Waals surface area contributed by atoms with Gasteiger partial charge in [0.25, 0.3) is 0 Å². The number of hydrogen-bond acceptors (Lipinski definition) is 6. The van der Waals surface area contributed by atoms with Crippen LogP contribution in [0.1, 0.15) is 5.69 Å². The second-order valence-electron chi connectivity index (χ2n) is 6.34. The topological polar surface area (TPSA) is 73.3 Å². The lowest BCUT2D eigenvalue weighted by molar-refractivity contribution is -0.141. The molecule has 3 aromatic rings. The van der Waals surface area contributed by atoms with Crippen LogP contribution in [-0.2, 0) is 11.0 Å². The van der Waals surface area contributed by atoms with E-state index >= 15 is 0 Å². The Morgan fingerprint density at radius 2 is 1.81 bits per heavy atom. The lowest BCUT2D eigenvalue weighted by Gasteiger charge is -2.12. The number of carbonyl (C=O) groups excluding carboxylic acids is 1. The largest absolute Gasteiger partial charge is 0.493 e. The van der Waals surface area contributed by atoms with E-state index in [2.05, 4.69) is 15.3 Å². The second kappa shape index (κ2) is 10.1. The summed E-state index contributed by atoms with van der Waals surface area (Å²) in [6.07, 6.45) is -4.69. The van der Waals surface area contributed by atoms with E-state index in [0.29, 0.717) is 27.8 Å². The number of anilines is 1. The zero-order valence-corrected chi connectivity index (χ0v) is 18.4. The number of nitrogens with zero attached hydrogens (tertiary/aromatic N) is 2. The molecule has 2 aromatic carbocycles. The molecule has 0 aliphatic carbocycles. The number of nitrogens with one attached hydrogen (secondary N) is 1. The molecule has 1 amide bonds. The van der Waals surface area contributed by atoms with Crippen LogP contribution in [0.2, 0.25) is 5.02 Å². The number of alkyl halides is 3. The molecule has 0 aliphatic heterocycles. The average Bonchev–Trinajstić information content (AvgIpc) is 2.76. The average molecular weight is 484 g/mol. The van der Waals surface area contributed by atoms with Gasteiger partial charge in [-0.2, -0.15) is 13.2 Å². The number of carbonyl (C=O) groups is 1. The minimum atomic E-state index is -4.69. The molecule has 0 saturated heterocycles. The number of ether oxygens (including phenoxy) is 2. The van der Waals surface area contributed by atoms with Crippen molar-refractivity contribution in [2.75, 3.05) is 25.3 Å². The molecular weight excluding hydrogens is 467 g/mol. The minimum Gasteiger partial charge on any atom is -0.493 e. The maximum atomic E-state index is 13.4. The zero-order valence-electron chi connectivity index (χ0n) is 16.9. The summed E-state index contributed by atoms with van der Waals surface area (Å²) in [7, 11) is 2.87. The number of benzene rings is 2. The van der Waals surface area contributed by atoms with Gasteiger partial charge < -0.3 is 14.8 Å². The molecule has 0 unspecified atom stereocenters. The van der Waals surface area contributed by atoms with Gasteiger partial charge >= 0.3 is 6.18 Å². The third-order valence-electron chi connectivity index (χ3n) is 4.12. The summed E-state index contributed by atoms with van der Waals surface area (Å²) in [5, 5.41) is 2.87. The van der Waals surface area contributed by atoms with Crippen molar-refractivity contribution in [1.29, 1.82) is 0 Å². The Labute approximate surface area is 191 Å². The number of rotatable bonds is 7. The maximum Gasteiger partial charge on any atom is 0.433 e. The lowest BCUT2D eigenvalue weighted by Crippen LogP contribution is -2.15. The van der Waals surface area contributed by atoms with E-state index < -0.39 is 17.8 Å². The predicted octanol–water partition coefficient (Wildman–Crippen LogP) is 5.56. The first kappa shape index (κ1) is 23.7. The quantitative estimate of drug-likeness (QED) is 0.350. The third kappa shape index (κ3) is 6.04. The highest BCUT2D eigenvalue weighted by Gasteiger charge is 2.34. The molecule has 168 valence electrons. The fourth-order valence-electron chi connectivity index (χ4n) is 2.67. The second-order valence-corrected chi connectivity index (χ2v) is 7.71. The first-order valence-electron chi connectivity index (χ1n) is 9.06. The zero-order chi connectivity index (χ0) is 23.3. The molecule has 0 radical (unpaired) electrons. The van der Waals surface area contributed by atoms with Gasteiger partial charge in [-0.05, 0) is 42.5 Å². The Morgan fingerprint density at radius 1 is 1.06 bits per heavy atom.